The van der Waals surface area contributed by atoms with E-state index in [4.69, 9.17) is 25.9 Å². The van der Waals surface area contributed by atoms with Gasteiger partial charge in [0.25, 0.3) is 5.91 Å². The first-order valence-corrected chi connectivity index (χ1v) is 6.86. The van der Waals surface area contributed by atoms with Crippen LogP contribution in [0, 0.1) is 0 Å². The number of anilines is 1. The molecule has 1 rings (SSSR count). The third-order valence-corrected chi connectivity index (χ3v) is 2.98. The zero-order valence-electron chi connectivity index (χ0n) is 11.8. The monoisotopic (exact) mass is 332 g/mol. The summed E-state index contributed by atoms with van der Waals surface area (Å²) in [7, 11) is 0. The third kappa shape index (κ3) is 4.95. The molecule has 0 radical (unpaired) electrons. The van der Waals surface area contributed by atoms with Crippen LogP contribution in [-0.4, -0.2) is 56.3 Å². The van der Waals surface area contributed by atoms with E-state index in [1.807, 2.05) is 0 Å². The van der Waals surface area contributed by atoms with E-state index in [0.29, 0.717) is 0 Å². The number of aliphatic carboxylic acids is 1. The van der Waals surface area contributed by atoms with Crippen LogP contribution >= 0.6 is 11.3 Å². The third-order valence-electron chi connectivity index (χ3n) is 2.31. The number of thiazole rings is 1. The van der Waals surface area contributed by atoms with E-state index in [-0.39, 0.29) is 16.5 Å². The van der Waals surface area contributed by atoms with Gasteiger partial charge in [-0.3, -0.25) is 4.79 Å². The number of aliphatic hydroxyl groups excluding tert-OH is 1. The predicted molar refractivity (Wildman–Crippen MR) is 77.1 cm³/mol. The minimum absolute atomic E-state index is 0.0774. The zero-order chi connectivity index (χ0) is 16.9. The summed E-state index contributed by atoms with van der Waals surface area (Å²) in [5.74, 6) is -2.10. The van der Waals surface area contributed by atoms with Crippen LogP contribution in [0.1, 0.15) is 19.5 Å². The highest BCUT2D eigenvalue weighted by atomic mass is 32.1. The minimum Gasteiger partial charge on any atom is -0.478 e. The van der Waals surface area contributed by atoms with Gasteiger partial charge < -0.3 is 31.2 Å². The molecule has 6 N–H and O–H groups in total. The van der Waals surface area contributed by atoms with Crippen LogP contribution in [0.2, 0.25) is 0 Å². The lowest BCUT2D eigenvalue weighted by molar-refractivity contribution is -0.161. The molecule has 10 nitrogen and oxygen atoms in total. The molecule has 0 aromatic carbocycles. The number of nitrogens with two attached hydrogens (primary N) is 1. The van der Waals surface area contributed by atoms with Gasteiger partial charge in [-0.25, -0.2) is 9.78 Å². The highest BCUT2D eigenvalue weighted by Crippen LogP contribution is 2.15. The summed E-state index contributed by atoms with van der Waals surface area (Å²) in [5.41, 5.74) is 3.56. The molecule has 1 aromatic rings. The molecule has 0 fully saturated rings. The lowest BCUT2D eigenvalue weighted by Gasteiger charge is -2.17. The first-order valence-electron chi connectivity index (χ1n) is 5.98. The molecule has 0 aliphatic heterocycles. The van der Waals surface area contributed by atoms with E-state index in [1.54, 1.807) is 0 Å². The molecule has 0 saturated heterocycles. The lowest BCUT2D eigenvalue weighted by Crippen LogP contribution is -2.38. The first-order chi connectivity index (χ1) is 10.1. The second kappa shape index (κ2) is 7.15. The van der Waals surface area contributed by atoms with Crippen molar-refractivity contribution < 1.29 is 29.7 Å². The predicted octanol–water partition coefficient (Wildman–Crippen LogP) is -1.26. The van der Waals surface area contributed by atoms with E-state index in [1.165, 1.54) is 19.2 Å². The van der Waals surface area contributed by atoms with Crippen LogP contribution in [-0.2, 0) is 14.4 Å². The van der Waals surface area contributed by atoms with Crippen LogP contribution in [0.3, 0.4) is 0 Å². The van der Waals surface area contributed by atoms with Crippen molar-refractivity contribution in [2.75, 3.05) is 12.3 Å². The molecule has 0 aliphatic carbocycles. The Morgan fingerprint density at radius 3 is 2.64 bits per heavy atom. The van der Waals surface area contributed by atoms with Crippen LogP contribution in [0.4, 0.5) is 5.13 Å². The zero-order valence-corrected chi connectivity index (χ0v) is 12.6. The average molecular weight is 332 g/mol. The van der Waals surface area contributed by atoms with Gasteiger partial charge in [0.15, 0.2) is 17.1 Å². The van der Waals surface area contributed by atoms with Gasteiger partial charge in [0.2, 0.25) is 5.60 Å². The molecule has 0 aliphatic rings. The number of aliphatic hydroxyl groups is 2. The molecule has 1 heterocycles. The molecule has 1 aromatic heterocycles. The second-order valence-corrected chi connectivity index (χ2v) is 5.50. The van der Waals surface area contributed by atoms with E-state index in [0.717, 1.165) is 11.3 Å². The van der Waals surface area contributed by atoms with Crippen molar-refractivity contribution in [1.29, 1.82) is 0 Å². The highest BCUT2D eigenvalue weighted by molar-refractivity contribution is 7.13. The smallest absolute Gasteiger partial charge is 0.350 e. The molecule has 0 bridgehead atoms. The Balaban J connectivity index is 3.01. The molecule has 0 spiro atoms. The average Bonchev–Trinajstić information content (AvgIpc) is 2.82. The van der Waals surface area contributed by atoms with Crippen molar-refractivity contribution in [3.05, 3.63) is 11.1 Å². The Morgan fingerprint density at radius 1 is 1.55 bits per heavy atom. The molecule has 22 heavy (non-hydrogen) atoms. The first kappa shape index (κ1) is 17.8. The Morgan fingerprint density at radius 2 is 2.18 bits per heavy atom. The number of hydrogen-bond donors (Lipinski definition) is 5. The summed E-state index contributed by atoms with van der Waals surface area (Å²) in [4.78, 5) is 31.7. The van der Waals surface area contributed by atoms with Gasteiger partial charge in [0, 0.05) is 5.38 Å². The number of nitrogen functional groups attached to an aromatic ring is 1. The van der Waals surface area contributed by atoms with E-state index in [2.05, 4.69) is 15.5 Å². The van der Waals surface area contributed by atoms with Crippen molar-refractivity contribution in [3.8, 4) is 0 Å². The van der Waals surface area contributed by atoms with Crippen molar-refractivity contribution in [2.24, 2.45) is 5.16 Å². The van der Waals surface area contributed by atoms with Crippen molar-refractivity contribution in [2.45, 2.75) is 25.7 Å². The van der Waals surface area contributed by atoms with Gasteiger partial charge in [-0.15, -0.1) is 11.3 Å². The van der Waals surface area contributed by atoms with Gasteiger partial charge in [0.05, 0.1) is 6.54 Å². The van der Waals surface area contributed by atoms with Gasteiger partial charge in [-0.1, -0.05) is 5.16 Å². The number of oxime groups is 1. The summed E-state index contributed by atoms with van der Waals surface area (Å²) in [6.45, 7) is 2.06. The van der Waals surface area contributed by atoms with E-state index < -0.39 is 30.3 Å². The standard InChI is InChI=1S/C11H16N4O6S/c1-11(2,9(19)20)21-15-7(5-4-22-10(12)14-5)8(18)13-3-6(16)17/h4,6,16-17H,3H2,1-2H3,(H2,12,14)(H,13,18)(H,19,20)/b15-7+. The summed E-state index contributed by atoms with van der Waals surface area (Å²) in [6, 6.07) is 0. The summed E-state index contributed by atoms with van der Waals surface area (Å²) < 4.78 is 0. The SMILES string of the molecule is CC(C)(O/N=C(/C(=O)NCC(O)O)c1csc(N)n1)C(=O)O. The van der Waals surface area contributed by atoms with E-state index in [9.17, 15) is 9.59 Å². The normalized spacial score (nSPS) is 12.3. The van der Waals surface area contributed by atoms with Crippen LogP contribution < -0.4 is 11.1 Å². The van der Waals surface area contributed by atoms with Gasteiger partial charge >= 0.3 is 5.97 Å². The summed E-state index contributed by atoms with van der Waals surface area (Å²) in [5, 5.41) is 33.8. The van der Waals surface area contributed by atoms with Crippen molar-refractivity contribution in [1.82, 2.24) is 10.3 Å². The lowest BCUT2D eigenvalue weighted by atomic mass is 10.1. The molecule has 1 amide bonds. The maximum Gasteiger partial charge on any atom is 0.350 e. The Bertz CT molecular complexity index is 583. The maximum atomic E-state index is 12.0. The van der Waals surface area contributed by atoms with Crippen LogP contribution in [0.5, 0.6) is 0 Å². The highest BCUT2D eigenvalue weighted by Gasteiger charge is 2.31. The molecule has 122 valence electrons. The van der Waals surface area contributed by atoms with Crippen LogP contribution in [0.25, 0.3) is 0 Å². The molecule has 0 unspecified atom stereocenters. The fraction of sp³-hybridized carbons (Fsp3) is 0.455. The largest absolute Gasteiger partial charge is 0.478 e. The number of carboxylic acids is 1. The van der Waals surface area contributed by atoms with E-state index >= 15 is 0 Å². The maximum absolute atomic E-state index is 12.0. The minimum atomic E-state index is -1.75. The number of rotatable bonds is 7. The number of nitrogens with zero attached hydrogens (tertiary/aromatic N) is 2. The summed E-state index contributed by atoms with van der Waals surface area (Å²) in [6.07, 6.45) is -1.75. The van der Waals surface area contributed by atoms with Gasteiger partial charge in [0.1, 0.15) is 5.69 Å². The van der Waals surface area contributed by atoms with Crippen LogP contribution in [0.15, 0.2) is 10.5 Å². The number of carbonyl (C=O) groups is 2. The molecule has 11 heteroatoms. The Hall–Kier alpha value is -2.24. The Kier molecular flexibility index (Phi) is 5.79. The molecular formula is C11H16N4O6S. The van der Waals surface area contributed by atoms with Gasteiger partial charge in [-0.2, -0.15) is 0 Å². The van der Waals surface area contributed by atoms with Crippen molar-refractivity contribution in [3.63, 3.8) is 0 Å². The topological polar surface area (TPSA) is 167 Å². The van der Waals surface area contributed by atoms with Gasteiger partial charge in [-0.05, 0) is 13.8 Å². The fourth-order valence-corrected chi connectivity index (χ4v) is 1.62. The molecular weight excluding hydrogens is 316 g/mol. The number of amides is 1. The number of nitrogens with one attached hydrogen (secondary N) is 1. The molecule has 0 atom stereocenters. The number of carbonyl (C=O) groups excluding carboxylic acids is 1. The Labute approximate surface area is 129 Å². The number of hydrogen-bond acceptors (Lipinski definition) is 9. The number of aromatic nitrogens is 1. The second-order valence-electron chi connectivity index (χ2n) is 4.61. The number of carboxylic acid groups (broad SMARTS) is 1. The fourth-order valence-electron chi connectivity index (χ4n) is 1.07. The quantitative estimate of drug-likeness (QED) is 0.234. The van der Waals surface area contributed by atoms with Crippen molar-refractivity contribution >= 4 is 34.1 Å². The molecule has 0 saturated carbocycles. The summed E-state index contributed by atoms with van der Waals surface area (Å²) >= 11 is 1.05.